The van der Waals surface area contributed by atoms with Gasteiger partial charge in [0.2, 0.25) is 0 Å². The van der Waals surface area contributed by atoms with Gasteiger partial charge in [-0.05, 0) is 46.7 Å². The van der Waals surface area contributed by atoms with Crippen LogP contribution in [0.3, 0.4) is 0 Å². The maximum Gasteiger partial charge on any atom is 0.0991 e. The van der Waals surface area contributed by atoms with E-state index in [0.29, 0.717) is 5.56 Å². The summed E-state index contributed by atoms with van der Waals surface area (Å²) in [6.45, 7) is 0.861. The maximum absolute atomic E-state index is 8.97. The molecule has 0 aliphatic carbocycles. The predicted molar refractivity (Wildman–Crippen MR) is 87.6 cm³/mol. The summed E-state index contributed by atoms with van der Waals surface area (Å²) in [5.41, 5.74) is 3.22. The molecule has 0 unspecified atom stereocenters. The van der Waals surface area contributed by atoms with Crippen molar-refractivity contribution in [3.05, 3.63) is 71.2 Å². The molecule has 2 nitrogen and oxygen atoms in total. The molecule has 4 aromatic rings. The molecule has 2 aromatic carbocycles. The lowest BCUT2D eigenvalue weighted by atomic mass is 10.1. The smallest absolute Gasteiger partial charge is 0.0991 e. The fourth-order valence-electron chi connectivity index (χ4n) is 2.75. The van der Waals surface area contributed by atoms with Crippen molar-refractivity contribution in [3.63, 3.8) is 0 Å². The minimum atomic E-state index is 0.709. The summed E-state index contributed by atoms with van der Waals surface area (Å²) in [6.07, 6.45) is 2.10. The van der Waals surface area contributed by atoms with Gasteiger partial charge in [-0.25, -0.2) is 0 Å². The van der Waals surface area contributed by atoms with Crippen molar-refractivity contribution in [2.45, 2.75) is 6.54 Å². The highest BCUT2D eigenvalue weighted by Crippen LogP contribution is 2.27. The second-order valence-corrected chi connectivity index (χ2v) is 6.00. The first-order valence-corrected chi connectivity index (χ1v) is 7.67. The molecule has 0 bridgehead atoms. The molecule has 2 aromatic heterocycles. The summed E-state index contributed by atoms with van der Waals surface area (Å²) >= 11 is 1.79. The molecule has 0 saturated carbocycles. The van der Waals surface area contributed by atoms with Gasteiger partial charge in [0.1, 0.15) is 0 Å². The molecule has 0 aliphatic rings. The summed E-state index contributed by atoms with van der Waals surface area (Å²) in [4.78, 5) is 0. The summed E-state index contributed by atoms with van der Waals surface area (Å²) < 4.78 is 3.57. The Morgan fingerprint density at radius 2 is 2.00 bits per heavy atom. The van der Waals surface area contributed by atoms with Crippen molar-refractivity contribution in [3.8, 4) is 6.07 Å². The van der Waals surface area contributed by atoms with Crippen molar-refractivity contribution in [2.75, 3.05) is 0 Å². The van der Waals surface area contributed by atoms with Crippen molar-refractivity contribution in [2.24, 2.45) is 0 Å². The Morgan fingerprint density at radius 3 is 2.90 bits per heavy atom. The zero-order valence-corrected chi connectivity index (χ0v) is 12.1. The van der Waals surface area contributed by atoms with Crippen LogP contribution in [0.1, 0.15) is 11.1 Å². The topological polar surface area (TPSA) is 28.7 Å². The predicted octanol–water partition coefficient (Wildman–Crippen LogP) is 4.78. The fourth-order valence-corrected chi connectivity index (χ4v) is 3.70. The van der Waals surface area contributed by atoms with Crippen LogP contribution in [0.4, 0.5) is 0 Å². The fraction of sp³-hybridized carbons (Fsp3) is 0.0556. The van der Waals surface area contributed by atoms with E-state index in [9.17, 15) is 0 Å². The Bertz CT molecular complexity index is 985. The van der Waals surface area contributed by atoms with Crippen LogP contribution in [-0.4, -0.2) is 4.57 Å². The SMILES string of the molecule is N#Cc1ccc2c(ccn2Cc2csc3ccccc23)c1. The average Bonchev–Trinajstić information content (AvgIpc) is 3.12. The molecule has 3 heteroatoms. The van der Waals surface area contributed by atoms with Gasteiger partial charge >= 0.3 is 0 Å². The molecule has 0 fully saturated rings. The zero-order chi connectivity index (χ0) is 14.2. The van der Waals surface area contributed by atoms with Crippen LogP contribution in [0.25, 0.3) is 21.0 Å². The van der Waals surface area contributed by atoms with Gasteiger partial charge in [0.05, 0.1) is 11.6 Å². The molecule has 0 saturated heterocycles. The van der Waals surface area contributed by atoms with Gasteiger partial charge in [0.15, 0.2) is 0 Å². The van der Waals surface area contributed by atoms with E-state index < -0.39 is 0 Å². The zero-order valence-electron chi connectivity index (χ0n) is 11.3. The van der Waals surface area contributed by atoms with Crippen molar-refractivity contribution < 1.29 is 0 Å². The van der Waals surface area contributed by atoms with E-state index in [1.165, 1.54) is 21.2 Å². The van der Waals surface area contributed by atoms with Crippen molar-refractivity contribution >= 4 is 32.3 Å². The van der Waals surface area contributed by atoms with Crippen LogP contribution >= 0.6 is 11.3 Å². The van der Waals surface area contributed by atoms with Gasteiger partial charge in [-0.3, -0.25) is 0 Å². The Hall–Kier alpha value is -2.57. The minimum Gasteiger partial charge on any atom is -0.343 e. The molecule has 0 N–H and O–H groups in total. The number of nitrogens with zero attached hydrogens (tertiary/aromatic N) is 2. The van der Waals surface area contributed by atoms with Gasteiger partial charge < -0.3 is 4.57 Å². The molecule has 4 rings (SSSR count). The van der Waals surface area contributed by atoms with Crippen LogP contribution in [-0.2, 0) is 6.54 Å². The van der Waals surface area contributed by atoms with E-state index in [2.05, 4.69) is 52.5 Å². The third kappa shape index (κ3) is 2.01. The normalized spacial score (nSPS) is 11.0. The first-order chi connectivity index (χ1) is 10.3. The summed E-state index contributed by atoms with van der Waals surface area (Å²) in [7, 11) is 0. The Kier molecular flexibility index (Phi) is 2.77. The molecule has 21 heavy (non-hydrogen) atoms. The largest absolute Gasteiger partial charge is 0.343 e. The van der Waals surface area contributed by atoms with E-state index >= 15 is 0 Å². The summed E-state index contributed by atoms with van der Waals surface area (Å²) in [6, 6.07) is 18.6. The number of nitriles is 1. The number of hydrogen-bond donors (Lipinski definition) is 0. The maximum atomic E-state index is 8.97. The number of fused-ring (bicyclic) bond motifs is 2. The summed E-state index contributed by atoms with van der Waals surface area (Å²) in [5, 5.41) is 13.7. The molecule has 0 radical (unpaired) electrons. The van der Waals surface area contributed by atoms with Crippen molar-refractivity contribution in [1.29, 1.82) is 5.26 Å². The van der Waals surface area contributed by atoms with Crippen LogP contribution in [0, 0.1) is 11.3 Å². The standard InChI is InChI=1S/C18H12N2S/c19-10-13-5-6-17-14(9-13)7-8-20(17)11-15-12-21-18-4-2-1-3-16(15)18/h1-9,12H,11H2. The highest BCUT2D eigenvalue weighted by atomic mass is 32.1. The van der Waals surface area contributed by atoms with Crippen LogP contribution in [0.5, 0.6) is 0 Å². The minimum absolute atomic E-state index is 0.709. The van der Waals surface area contributed by atoms with E-state index in [1.54, 1.807) is 11.3 Å². The molecule has 0 spiro atoms. The van der Waals surface area contributed by atoms with Gasteiger partial charge in [-0.2, -0.15) is 5.26 Å². The third-order valence-electron chi connectivity index (χ3n) is 3.80. The van der Waals surface area contributed by atoms with Crippen molar-refractivity contribution in [1.82, 2.24) is 4.57 Å². The molecule has 100 valence electrons. The molecule has 2 heterocycles. The number of thiophene rings is 1. The van der Waals surface area contributed by atoms with E-state index in [-0.39, 0.29) is 0 Å². The Labute approximate surface area is 126 Å². The molecule has 0 atom stereocenters. The average molecular weight is 288 g/mol. The molecule has 0 amide bonds. The number of aromatic nitrogens is 1. The van der Waals surface area contributed by atoms with Crippen LogP contribution < -0.4 is 0 Å². The highest BCUT2D eigenvalue weighted by Gasteiger charge is 2.07. The monoisotopic (exact) mass is 288 g/mol. The molecular formula is C18H12N2S. The van der Waals surface area contributed by atoms with Crippen LogP contribution in [0.2, 0.25) is 0 Å². The Morgan fingerprint density at radius 1 is 1.10 bits per heavy atom. The quantitative estimate of drug-likeness (QED) is 0.522. The van der Waals surface area contributed by atoms with Gasteiger partial charge in [-0.1, -0.05) is 18.2 Å². The first kappa shape index (κ1) is 12.2. The molecule has 0 aliphatic heterocycles. The number of benzene rings is 2. The number of hydrogen-bond acceptors (Lipinski definition) is 2. The van der Waals surface area contributed by atoms with Gasteiger partial charge in [0.25, 0.3) is 0 Å². The second kappa shape index (κ2) is 4.76. The first-order valence-electron chi connectivity index (χ1n) is 6.79. The van der Waals surface area contributed by atoms with Gasteiger partial charge in [0, 0.05) is 28.3 Å². The number of rotatable bonds is 2. The lowest BCUT2D eigenvalue weighted by Gasteiger charge is -2.05. The Balaban J connectivity index is 1.79. The van der Waals surface area contributed by atoms with E-state index in [4.69, 9.17) is 5.26 Å². The van der Waals surface area contributed by atoms with Crippen LogP contribution in [0.15, 0.2) is 60.1 Å². The second-order valence-electron chi connectivity index (χ2n) is 5.09. The molecular weight excluding hydrogens is 276 g/mol. The third-order valence-corrected chi connectivity index (χ3v) is 4.81. The lowest BCUT2D eigenvalue weighted by Crippen LogP contribution is -1.96. The van der Waals surface area contributed by atoms with E-state index in [1.807, 2.05) is 18.2 Å². The lowest BCUT2D eigenvalue weighted by molar-refractivity contribution is 0.846. The highest BCUT2D eigenvalue weighted by molar-refractivity contribution is 7.17. The van der Waals surface area contributed by atoms with Gasteiger partial charge in [-0.15, -0.1) is 11.3 Å². The summed E-state index contributed by atoms with van der Waals surface area (Å²) in [5.74, 6) is 0. The van der Waals surface area contributed by atoms with E-state index in [0.717, 1.165) is 11.9 Å².